The van der Waals surface area contributed by atoms with Crippen LogP contribution >= 0.6 is 45.8 Å². The van der Waals surface area contributed by atoms with Crippen LogP contribution in [0.1, 0.15) is 36.7 Å². The number of benzene rings is 1. The van der Waals surface area contributed by atoms with Gasteiger partial charge in [0.05, 0.1) is 10.2 Å². The summed E-state index contributed by atoms with van der Waals surface area (Å²) in [6.45, 7) is 6.55. The number of halogens is 3. The van der Waals surface area contributed by atoms with E-state index in [0.29, 0.717) is 28.1 Å². The average molecular weight is 491 g/mol. The summed E-state index contributed by atoms with van der Waals surface area (Å²) in [5.41, 5.74) is 8.52. The molecule has 0 amide bonds. The van der Waals surface area contributed by atoms with Crippen LogP contribution in [0.4, 0.5) is 5.82 Å². The van der Waals surface area contributed by atoms with E-state index in [1.54, 1.807) is 12.4 Å². The first-order valence-electron chi connectivity index (χ1n) is 7.76. The van der Waals surface area contributed by atoms with Crippen molar-refractivity contribution in [3.05, 3.63) is 49.2 Å². The number of imidazole rings is 1. The van der Waals surface area contributed by atoms with Gasteiger partial charge in [0.15, 0.2) is 11.0 Å². The Morgan fingerprint density at radius 1 is 1.40 bits per heavy atom. The standard InChI is InChI=1S/C17H17Cl2IN4O/c1-4-25-14-10(7-11(18)9(3)12(14)20)8(2)17-23-15(19)13-16(21)22-5-6-24(13)17/h5-8H,4H2,1-3H3,(H2,21,22). The highest BCUT2D eigenvalue weighted by Gasteiger charge is 2.24. The monoisotopic (exact) mass is 490 g/mol. The van der Waals surface area contributed by atoms with Crippen LogP contribution < -0.4 is 10.5 Å². The Morgan fingerprint density at radius 3 is 2.80 bits per heavy atom. The highest BCUT2D eigenvalue weighted by molar-refractivity contribution is 14.1. The molecule has 1 atom stereocenters. The van der Waals surface area contributed by atoms with Crippen molar-refractivity contribution in [2.75, 3.05) is 12.3 Å². The van der Waals surface area contributed by atoms with Crippen LogP contribution in [0.5, 0.6) is 5.75 Å². The van der Waals surface area contributed by atoms with Gasteiger partial charge in [0.1, 0.15) is 17.1 Å². The highest BCUT2D eigenvalue weighted by atomic mass is 127. The second-order valence-electron chi connectivity index (χ2n) is 5.66. The van der Waals surface area contributed by atoms with Crippen molar-refractivity contribution in [2.45, 2.75) is 26.7 Å². The van der Waals surface area contributed by atoms with Gasteiger partial charge in [-0.05, 0) is 48.1 Å². The lowest BCUT2D eigenvalue weighted by atomic mass is 9.97. The summed E-state index contributed by atoms with van der Waals surface area (Å²) >= 11 is 15.0. The van der Waals surface area contributed by atoms with Crippen LogP contribution in [0.25, 0.3) is 5.52 Å². The molecular weight excluding hydrogens is 474 g/mol. The Bertz CT molecular complexity index is 958. The summed E-state index contributed by atoms with van der Waals surface area (Å²) in [6, 6.07) is 1.94. The number of ether oxygens (including phenoxy) is 1. The molecule has 0 aliphatic rings. The molecular formula is C17H17Cl2IN4O. The van der Waals surface area contributed by atoms with Crippen molar-refractivity contribution < 1.29 is 4.74 Å². The Kier molecular flexibility index (Phi) is 5.31. The van der Waals surface area contributed by atoms with Gasteiger partial charge in [-0.2, -0.15) is 0 Å². The van der Waals surface area contributed by atoms with E-state index in [2.05, 4.69) is 32.6 Å². The van der Waals surface area contributed by atoms with Crippen molar-refractivity contribution in [3.8, 4) is 5.75 Å². The molecule has 0 aliphatic heterocycles. The van der Waals surface area contributed by atoms with Gasteiger partial charge in [0.2, 0.25) is 0 Å². The minimum atomic E-state index is -0.102. The van der Waals surface area contributed by atoms with Crippen molar-refractivity contribution in [1.29, 1.82) is 0 Å². The predicted octanol–water partition coefficient (Wildman–Crippen LogP) is 5.08. The fourth-order valence-corrected chi connectivity index (χ4v) is 4.22. The Balaban J connectivity index is 2.23. The van der Waals surface area contributed by atoms with Gasteiger partial charge in [-0.3, -0.25) is 4.40 Å². The van der Waals surface area contributed by atoms with E-state index in [4.69, 9.17) is 33.7 Å². The zero-order valence-electron chi connectivity index (χ0n) is 14.0. The van der Waals surface area contributed by atoms with Crippen LogP contribution in [-0.2, 0) is 0 Å². The van der Waals surface area contributed by atoms with Gasteiger partial charge in [-0.15, -0.1) is 0 Å². The molecule has 2 heterocycles. The molecule has 132 valence electrons. The number of aromatic nitrogens is 3. The van der Waals surface area contributed by atoms with Crippen LogP contribution in [0.15, 0.2) is 18.5 Å². The molecule has 3 rings (SSSR count). The fraction of sp³-hybridized carbons (Fsp3) is 0.294. The lowest BCUT2D eigenvalue weighted by molar-refractivity contribution is 0.332. The number of fused-ring (bicyclic) bond motifs is 1. The molecule has 0 radical (unpaired) electrons. The second kappa shape index (κ2) is 7.17. The third-order valence-corrected chi connectivity index (χ3v) is 6.10. The maximum absolute atomic E-state index is 6.43. The molecule has 1 aromatic carbocycles. The molecule has 1 unspecified atom stereocenters. The van der Waals surface area contributed by atoms with E-state index in [1.165, 1.54) is 0 Å². The quantitative estimate of drug-likeness (QED) is 0.518. The predicted molar refractivity (Wildman–Crippen MR) is 110 cm³/mol. The molecule has 2 aromatic heterocycles. The number of nitrogens with zero attached hydrogens (tertiary/aromatic N) is 3. The number of nitrogens with two attached hydrogens (primary N) is 1. The van der Waals surface area contributed by atoms with E-state index in [0.717, 1.165) is 26.3 Å². The summed E-state index contributed by atoms with van der Waals surface area (Å²) in [5.74, 6) is 1.83. The summed E-state index contributed by atoms with van der Waals surface area (Å²) in [4.78, 5) is 8.60. The number of hydrogen-bond acceptors (Lipinski definition) is 4. The first kappa shape index (κ1) is 18.5. The SMILES string of the molecule is CCOc1c(C(C)c2nc(Cl)c3c(N)nccn23)cc(Cl)c(C)c1I. The lowest BCUT2D eigenvalue weighted by Crippen LogP contribution is -2.08. The zero-order chi connectivity index (χ0) is 18.3. The molecule has 0 saturated carbocycles. The van der Waals surface area contributed by atoms with Crippen LogP contribution in [0.2, 0.25) is 10.2 Å². The van der Waals surface area contributed by atoms with Crippen molar-refractivity contribution in [2.24, 2.45) is 0 Å². The number of anilines is 1. The van der Waals surface area contributed by atoms with Gasteiger partial charge < -0.3 is 10.5 Å². The van der Waals surface area contributed by atoms with Crippen molar-refractivity contribution in [3.63, 3.8) is 0 Å². The van der Waals surface area contributed by atoms with Gasteiger partial charge in [-0.1, -0.05) is 30.1 Å². The highest BCUT2D eigenvalue weighted by Crippen LogP contribution is 2.40. The molecule has 0 spiro atoms. The lowest BCUT2D eigenvalue weighted by Gasteiger charge is -2.19. The minimum absolute atomic E-state index is 0.102. The van der Waals surface area contributed by atoms with Gasteiger partial charge >= 0.3 is 0 Å². The summed E-state index contributed by atoms with van der Waals surface area (Å²) < 4.78 is 8.78. The average Bonchev–Trinajstić information content (AvgIpc) is 2.93. The molecule has 3 aromatic rings. The van der Waals surface area contributed by atoms with Gasteiger partial charge in [0, 0.05) is 28.9 Å². The molecule has 0 saturated heterocycles. The Morgan fingerprint density at radius 2 is 2.12 bits per heavy atom. The second-order valence-corrected chi connectivity index (χ2v) is 7.51. The van der Waals surface area contributed by atoms with Crippen LogP contribution in [-0.4, -0.2) is 21.0 Å². The fourth-order valence-electron chi connectivity index (χ4n) is 2.81. The molecule has 0 aliphatic carbocycles. The van der Waals surface area contributed by atoms with Crippen molar-refractivity contribution >= 4 is 57.1 Å². The topological polar surface area (TPSA) is 65.4 Å². The largest absolute Gasteiger partial charge is 0.492 e. The number of hydrogen-bond donors (Lipinski definition) is 1. The maximum Gasteiger partial charge on any atom is 0.158 e. The summed E-state index contributed by atoms with van der Waals surface area (Å²) in [6.07, 6.45) is 3.43. The Labute approximate surface area is 169 Å². The van der Waals surface area contributed by atoms with Crippen molar-refractivity contribution in [1.82, 2.24) is 14.4 Å². The minimum Gasteiger partial charge on any atom is -0.492 e. The molecule has 8 heteroatoms. The zero-order valence-corrected chi connectivity index (χ0v) is 17.6. The molecule has 5 nitrogen and oxygen atoms in total. The van der Waals surface area contributed by atoms with E-state index in [-0.39, 0.29) is 5.92 Å². The normalized spacial score (nSPS) is 12.6. The van der Waals surface area contributed by atoms with E-state index < -0.39 is 0 Å². The van der Waals surface area contributed by atoms with Gasteiger partial charge in [-0.25, -0.2) is 9.97 Å². The first-order chi connectivity index (χ1) is 11.9. The Hall–Kier alpha value is -1.25. The van der Waals surface area contributed by atoms with E-state index in [1.807, 2.05) is 31.2 Å². The number of rotatable bonds is 4. The maximum atomic E-state index is 6.43. The third-order valence-electron chi connectivity index (χ3n) is 4.14. The summed E-state index contributed by atoms with van der Waals surface area (Å²) in [7, 11) is 0. The molecule has 0 bridgehead atoms. The molecule has 25 heavy (non-hydrogen) atoms. The number of nitrogen functional groups attached to an aromatic ring is 1. The van der Waals surface area contributed by atoms with E-state index >= 15 is 0 Å². The van der Waals surface area contributed by atoms with Crippen LogP contribution in [0, 0.1) is 10.5 Å². The summed E-state index contributed by atoms with van der Waals surface area (Å²) in [5, 5.41) is 1.03. The smallest absolute Gasteiger partial charge is 0.158 e. The third kappa shape index (κ3) is 3.15. The van der Waals surface area contributed by atoms with Gasteiger partial charge in [0.25, 0.3) is 0 Å². The van der Waals surface area contributed by atoms with Crippen LogP contribution in [0.3, 0.4) is 0 Å². The first-order valence-corrected chi connectivity index (χ1v) is 9.59. The molecule has 0 fully saturated rings. The van der Waals surface area contributed by atoms with E-state index in [9.17, 15) is 0 Å². The molecule has 2 N–H and O–H groups in total.